The molecule has 0 bridgehead atoms. The molecule has 19 heavy (non-hydrogen) atoms. The van der Waals surface area contributed by atoms with E-state index < -0.39 is 5.23 Å². The third kappa shape index (κ3) is 2.75. The molecular weight excluding hydrogens is 262 g/mol. The van der Waals surface area contributed by atoms with Gasteiger partial charge in [0.05, 0.1) is 5.56 Å². The summed E-state index contributed by atoms with van der Waals surface area (Å²) in [7, 11) is 0. The maximum absolute atomic E-state index is 11.2. The Morgan fingerprint density at radius 2 is 2.16 bits per heavy atom. The molecular formula is C13H13N3O2S. The lowest BCUT2D eigenvalue weighted by molar-refractivity contribution is -0.990. The molecule has 0 spiro atoms. The third-order valence-corrected chi connectivity index (χ3v) is 3.68. The number of thiophene rings is 1. The van der Waals surface area contributed by atoms with Gasteiger partial charge in [0.15, 0.2) is 5.69 Å². The Morgan fingerprint density at radius 1 is 1.42 bits per heavy atom. The van der Waals surface area contributed by atoms with Crippen molar-refractivity contribution in [3.63, 3.8) is 0 Å². The number of nitriles is 1. The summed E-state index contributed by atoms with van der Waals surface area (Å²) >= 11 is 1.44. The van der Waals surface area contributed by atoms with Crippen LogP contribution in [0.2, 0.25) is 0 Å². The molecule has 5 nitrogen and oxygen atoms in total. The van der Waals surface area contributed by atoms with Crippen LogP contribution in [0.25, 0.3) is 0 Å². The predicted molar refractivity (Wildman–Crippen MR) is 74.0 cm³/mol. The molecule has 1 unspecified atom stereocenters. The van der Waals surface area contributed by atoms with E-state index in [-0.39, 0.29) is 5.69 Å². The van der Waals surface area contributed by atoms with Gasteiger partial charge >= 0.3 is 0 Å². The van der Waals surface area contributed by atoms with Crippen molar-refractivity contribution in [2.45, 2.75) is 13.8 Å². The van der Waals surface area contributed by atoms with Gasteiger partial charge in [-0.15, -0.1) is 11.3 Å². The Balaban J connectivity index is 2.46. The summed E-state index contributed by atoms with van der Waals surface area (Å²) in [6.07, 6.45) is 0. The highest BCUT2D eigenvalue weighted by molar-refractivity contribution is 7.16. The molecule has 6 heteroatoms. The van der Waals surface area contributed by atoms with Crippen LogP contribution in [0.4, 0.5) is 16.4 Å². The van der Waals surface area contributed by atoms with Crippen LogP contribution in [0.5, 0.6) is 0 Å². The van der Waals surface area contributed by atoms with Crippen molar-refractivity contribution in [1.29, 1.82) is 5.26 Å². The van der Waals surface area contributed by atoms with Crippen LogP contribution < -0.4 is 10.5 Å². The molecule has 1 heterocycles. The van der Waals surface area contributed by atoms with Crippen LogP contribution in [-0.2, 0) is 0 Å². The van der Waals surface area contributed by atoms with Crippen molar-refractivity contribution >= 4 is 27.7 Å². The smallest absolute Gasteiger partial charge is 0.187 e. The average Bonchev–Trinajstić information content (AvgIpc) is 2.71. The first-order valence-electron chi connectivity index (χ1n) is 5.63. The molecule has 0 fully saturated rings. The van der Waals surface area contributed by atoms with Crippen molar-refractivity contribution < 1.29 is 10.4 Å². The average molecular weight is 275 g/mol. The molecule has 2 rings (SSSR count). The van der Waals surface area contributed by atoms with Crippen LogP contribution in [0.1, 0.15) is 16.0 Å². The standard InChI is InChI=1S/C13H13N3O2S/c1-8-4-3-5-11(16(17)18)12(8)15-13-10(7-14)6-9(2)19-13/h3-6,15-17H,1-2H3. The SMILES string of the molecule is Cc1cc(C#N)c(Nc2c(C)cccc2[NH+]([O-])O)s1. The van der Waals surface area contributed by atoms with E-state index in [0.29, 0.717) is 16.3 Å². The van der Waals surface area contributed by atoms with E-state index in [0.717, 1.165) is 10.4 Å². The second-order valence-electron chi connectivity index (χ2n) is 4.14. The molecule has 0 saturated heterocycles. The highest BCUT2D eigenvalue weighted by atomic mass is 32.1. The monoisotopic (exact) mass is 275 g/mol. The molecule has 1 aromatic carbocycles. The molecule has 0 aliphatic rings. The number of quaternary nitrogens is 1. The van der Waals surface area contributed by atoms with Gasteiger partial charge in [0.1, 0.15) is 16.8 Å². The number of hydrogen-bond donors (Lipinski definition) is 3. The first-order valence-corrected chi connectivity index (χ1v) is 6.45. The minimum Gasteiger partial charge on any atom is -0.595 e. The topological polar surface area (TPSA) is 83.5 Å². The number of nitrogens with zero attached hydrogens (tertiary/aromatic N) is 1. The summed E-state index contributed by atoms with van der Waals surface area (Å²) < 4.78 is 0. The summed E-state index contributed by atoms with van der Waals surface area (Å²) in [5.41, 5.74) is 2.10. The summed E-state index contributed by atoms with van der Waals surface area (Å²) in [5.74, 6) is 0. The van der Waals surface area contributed by atoms with Gasteiger partial charge in [-0.2, -0.15) is 10.5 Å². The molecule has 0 amide bonds. The Bertz CT molecular complexity index is 644. The Morgan fingerprint density at radius 3 is 2.79 bits per heavy atom. The van der Waals surface area contributed by atoms with Crippen molar-refractivity contribution in [1.82, 2.24) is 0 Å². The van der Waals surface area contributed by atoms with Crippen LogP contribution in [0.15, 0.2) is 24.3 Å². The van der Waals surface area contributed by atoms with E-state index in [1.165, 1.54) is 11.3 Å². The van der Waals surface area contributed by atoms with Crippen molar-refractivity contribution in [3.05, 3.63) is 45.5 Å². The normalized spacial score (nSPS) is 11.9. The maximum atomic E-state index is 11.2. The van der Waals surface area contributed by atoms with Crippen LogP contribution >= 0.6 is 11.3 Å². The van der Waals surface area contributed by atoms with Gasteiger partial charge in [-0.3, -0.25) is 0 Å². The van der Waals surface area contributed by atoms with Gasteiger partial charge in [-0.1, -0.05) is 12.1 Å². The fourth-order valence-corrected chi connectivity index (χ4v) is 2.68. The second-order valence-corrected chi connectivity index (χ2v) is 5.40. The number of rotatable bonds is 3. The zero-order chi connectivity index (χ0) is 14.0. The number of para-hydroxylation sites is 1. The van der Waals surface area contributed by atoms with E-state index >= 15 is 0 Å². The van der Waals surface area contributed by atoms with Gasteiger partial charge in [-0.25, -0.2) is 5.21 Å². The molecule has 0 saturated carbocycles. The summed E-state index contributed by atoms with van der Waals surface area (Å²) in [5, 5.41) is 32.2. The molecule has 0 aliphatic carbocycles. The molecule has 0 radical (unpaired) electrons. The number of nitrogens with one attached hydrogen (secondary N) is 2. The van der Waals surface area contributed by atoms with Crippen LogP contribution in [0.3, 0.4) is 0 Å². The zero-order valence-electron chi connectivity index (χ0n) is 10.5. The molecule has 1 aromatic heterocycles. The molecule has 0 aliphatic heterocycles. The molecule has 1 atom stereocenters. The van der Waals surface area contributed by atoms with Crippen LogP contribution in [0, 0.1) is 30.4 Å². The first kappa shape index (κ1) is 13.5. The first-order chi connectivity index (χ1) is 9.02. The Hall–Kier alpha value is -1.91. The number of aryl methyl sites for hydroxylation is 2. The molecule has 2 aromatic rings. The van der Waals surface area contributed by atoms with E-state index in [1.54, 1.807) is 18.2 Å². The number of anilines is 2. The second kappa shape index (κ2) is 5.38. The lowest BCUT2D eigenvalue weighted by Crippen LogP contribution is -2.99. The minimum atomic E-state index is -0.988. The van der Waals surface area contributed by atoms with E-state index in [2.05, 4.69) is 11.4 Å². The lowest BCUT2D eigenvalue weighted by Gasteiger charge is -2.17. The van der Waals surface area contributed by atoms with Gasteiger partial charge in [-0.05, 0) is 25.5 Å². The minimum absolute atomic E-state index is 0.204. The van der Waals surface area contributed by atoms with Gasteiger partial charge in [0.25, 0.3) is 0 Å². The number of hydrogen-bond acceptors (Lipinski definition) is 5. The quantitative estimate of drug-likeness (QED) is 0.751. The maximum Gasteiger partial charge on any atom is 0.187 e. The molecule has 98 valence electrons. The lowest BCUT2D eigenvalue weighted by atomic mass is 10.1. The predicted octanol–water partition coefficient (Wildman–Crippen LogP) is 2.38. The van der Waals surface area contributed by atoms with Crippen molar-refractivity contribution in [3.8, 4) is 6.07 Å². The van der Waals surface area contributed by atoms with Crippen molar-refractivity contribution in [2.75, 3.05) is 5.32 Å². The van der Waals surface area contributed by atoms with Gasteiger partial charge in [0.2, 0.25) is 0 Å². The third-order valence-electron chi connectivity index (χ3n) is 2.72. The zero-order valence-corrected chi connectivity index (χ0v) is 11.3. The number of benzene rings is 1. The molecule has 3 N–H and O–H groups in total. The van der Waals surface area contributed by atoms with Crippen LogP contribution in [-0.4, -0.2) is 5.21 Å². The van der Waals surface area contributed by atoms with E-state index in [4.69, 9.17) is 5.26 Å². The van der Waals surface area contributed by atoms with Gasteiger partial charge < -0.3 is 10.5 Å². The highest BCUT2D eigenvalue weighted by Gasteiger charge is 2.14. The Labute approximate surface area is 114 Å². The summed E-state index contributed by atoms with van der Waals surface area (Å²) in [6.45, 7) is 3.74. The fraction of sp³-hybridized carbons (Fsp3) is 0.154. The summed E-state index contributed by atoms with van der Waals surface area (Å²) in [6, 6.07) is 8.97. The largest absolute Gasteiger partial charge is 0.595 e. The van der Waals surface area contributed by atoms with Crippen molar-refractivity contribution in [2.24, 2.45) is 0 Å². The Kier molecular flexibility index (Phi) is 3.83. The fourth-order valence-electron chi connectivity index (χ4n) is 1.82. The summed E-state index contributed by atoms with van der Waals surface area (Å²) in [4.78, 5) is 1.00. The highest BCUT2D eigenvalue weighted by Crippen LogP contribution is 2.33. The van der Waals surface area contributed by atoms with E-state index in [9.17, 15) is 10.4 Å². The van der Waals surface area contributed by atoms with Gasteiger partial charge in [0, 0.05) is 10.9 Å². The van der Waals surface area contributed by atoms with E-state index in [1.807, 2.05) is 19.9 Å².